The fourth-order valence-corrected chi connectivity index (χ4v) is 4.31. The molecule has 0 saturated carbocycles. The normalized spacial score (nSPS) is 13.2. The average molecular weight is 436 g/mol. The molecule has 0 aliphatic heterocycles. The van der Waals surface area contributed by atoms with Crippen molar-refractivity contribution in [1.82, 2.24) is 4.90 Å². The first kappa shape index (κ1) is 20.9. The van der Waals surface area contributed by atoms with Gasteiger partial charge in [0.25, 0.3) is 0 Å². The van der Waals surface area contributed by atoms with Crippen LogP contribution in [0, 0.1) is 0 Å². The molecule has 6 heteroatoms. The topological polar surface area (TPSA) is 66.8 Å². The molecule has 0 bridgehead atoms. The number of hydrogen-bond donors (Lipinski definition) is 1. The molecule has 0 fully saturated rings. The zero-order valence-electron chi connectivity index (χ0n) is 17.0. The van der Waals surface area contributed by atoms with Gasteiger partial charge in [0.15, 0.2) is 0 Å². The van der Waals surface area contributed by atoms with Gasteiger partial charge in [0.2, 0.25) is 0 Å². The van der Waals surface area contributed by atoms with Gasteiger partial charge in [-0.1, -0.05) is 72.3 Å². The van der Waals surface area contributed by atoms with E-state index in [1.54, 1.807) is 24.3 Å². The Kier molecular flexibility index (Phi) is 5.96. The molecule has 1 aliphatic rings. The van der Waals surface area contributed by atoms with Crippen LogP contribution in [-0.4, -0.2) is 41.8 Å². The van der Waals surface area contributed by atoms with Gasteiger partial charge in [-0.25, -0.2) is 9.59 Å². The van der Waals surface area contributed by atoms with Crippen molar-refractivity contribution in [3.63, 3.8) is 0 Å². The molecular formula is C25H22ClNO4. The van der Waals surface area contributed by atoms with E-state index in [4.69, 9.17) is 16.3 Å². The van der Waals surface area contributed by atoms with Crippen LogP contribution in [0.5, 0.6) is 0 Å². The summed E-state index contributed by atoms with van der Waals surface area (Å²) in [5.41, 5.74) is 5.22. The Bertz CT molecular complexity index is 1080. The second-order valence-corrected chi connectivity index (χ2v) is 8.04. The number of amides is 1. The lowest BCUT2D eigenvalue weighted by molar-refractivity contribution is -0.142. The minimum atomic E-state index is -1.10. The SMILES string of the molecule is CN(C(=O)OCC1c2ccccc2-c2ccccc21)C(Cc1cccc(Cl)c1)C(=O)O. The van der Waals surface area contributed by atoms with Gasteiger partial charge >= 0.3 is 12.1 Å². The minimum Gasteiger partial charge on any atom is -0.480 e. The molecule has 0 radical (unpaired) electrons. The zero-order valence-corrected chi connectivity index (χ0v) is 17.8. The molecule has 5 nitrogen and oxygen atoms in total. The molecular weight excluding hydrogens is 414 g/mol. The average Bonchev–Trinajstić information content (AvgIpc) is 3.09. The molecule has 1 N–H and O–H groups in total. The molecule has 4 rings (SSSR count). The van der Waals surface area contributed by atoms with Crippen LogP contribution in [0.1, 0.15) is 22.6 Å². The molecule has 1 unspecified atom stereocenters. The molecule has 1 aliphatic carbocycles. The van der Waals surface area contributed by atoms with Gasteiger partial charge in [-0.3, -0.25) is 4.90 Å². The Morgan fingerprint density at radius 2 is 1.61 bits per heavy atom. The van der Waals surface area contributed by atoms with E-state index in [1.807, 2.05) is 36.4 Å². The molecule has 1 amide bonds. The number of benzene rings is 3. The number of carbonyl (C=O) groups excluding carboxylic acids is 1. The van der Waals surface area contributed by atoms with Crippen LogP contribution in [0.4, 0.5) is 4.79 Å². The van der Waals surface area contributed by atoms with Crippen molar-refractivity contribution < 1.29 is 19.4 Å². The first-order chi connectivity index (χ1) is 15.0. The third kappa shape index (κ3) is 4.28. The van der Waals surface area contributed by atoms with Gasteiger partial charge in [0.1, 0.15) is 12.6 Å². The maximum absolute atomic E-state index is 12.7. The second kappa shape index (κ2) is 8.82. The largest absolute Gasteiger partial charge is 0.480 e. The Hall–Kier alpha value is -3.31. The molecule has 0 saturated heterocycles. The van der Waals surface area contributed by atoms with E-state index in [9.17, 15) is 14.7 Å². The van der Waals surface area contributed by atoms with E-state index >= 15 is 0 Å². The fourth-order valence-electron chi connectivity index (χ4n) is 4.10. The van der Waals surface area contributed by atoms with Gasteiger partial charge in [-0.05, 0) is 39.9 Å². The van der Waals surface area contributed by atoms with Gasteiger partial charge in [-0.15, -0.1) is 0 Å². The lowest BCUT2D eigenvalue weighted by atomic mass is 9.98. The third-order valence-electron chi connectivity index (χ3n) is 5.69. The number of carbonyl (C=O) groups is 2. The minimum absolute atomic E-state index is 0.0824. The second-order valence-electron chi connectivity index (χ2n) is 7.60. The van der Waals surface area contributed by atoms with E-state index in [0.717, 1.165) is 32.7 Å². The van der Waals surface area contributed by atoms with Gasteiger partial charge in [0, 0.05) is 24.4 Å². The number of hydrogen-bond acceptors (Lipinski definition) is 3. The van der Waals surface area contributed by atoms with Crippen LogP contribution in [-0.2, 0) is 16.0 Å². The Labute approximate surface area is 185 Å². The van der Waals surface area contributed by atoms with E-state index < -0.39 is 18.1 Å². The summed E-state index contributed by atoms with van der Waals surface area (Å²) in [6.07, 6.45) is -0.535. The highest BCUT2D eigenvalue weighted by Gasteiger charge is 2.32. The van der Waals surface area contributed by atoms with Crippen LogP contribution >= 0.6 is 11.6 Å². The number of rotatable bonds is 6. The molecule has 3 aromatic carbocycles. The first-order valence-corrected chi connectivity index (χ1v) is 10.4. The lowest BCUT2D eigenvalue weighted by Crippen LogP contribution is -2.44. The summed E-state index contributed by atoms with van der Waals surface area (Å²) in [5, 5.41) is 10.2. The Morgan fingerprint density at radius 1 is 1.00 bits per heavy atom. The van der Waals surface area contributed by atoms with Crippen molar-refractivity contribution in [2.75, 3.05) is 13.7 Å². The summed E-state index contributed by atoms with van der Waals surface area (Å²) in [6.45, 7) is 0.140. The van der Waals surface area contributed by atoms with Crippen LogP contribution < -0.4 is 0 Å². The predicted octanol–water partition coefficient (Wildman–Crippen LogP) is 5.22. The number of ether oxygens (including phenoxy) is 1. The number of halogens is 1. The maximum atomic E-state index is 12.7. The highest BCUT2D eigenvalue weighted by Crippen LogP contribution is 2.44. The monoisotopic (exact) mass is 435 g/mol. The smallest absolute Gasteiger partial charge is 0.410 e. The van der Waals surface area contributed by atoms with Crippen LogP contribution in [0.2, 0.25) is 5.02 Å². The number of aliphatic carboxylic acids is 1. The molecule has 158 valence electrons. The van der Waals surface area contributed by atoms with Crippen molar-refractivity contribution in [2.24, 2.45) is 0 Å². The zero-order chi connectivity index (χ0) is 22.0. The van der Waals surface area contributed by atoms with E-state index in [1.165, 1.54) is 7.05 Å². The summed E-state index contributed by atoms with van der Waals surface area (Å²) in [6, 6.07) is 22.0. The van der Waals surface area contributed by atoms with E-state index in [2.05, 4.69) is 12.1 Å². The van der Waals surface area contributed by atoms with Gasteiger partial charge < -0.3 is 9.84 Å². The summed E-state index contributed by atoms with van der Waals surface area (Å²) < 4.78 is 5.59. The van der Waals surface area contributed by atoms with Crippen molar-refractivity contribution in [3.8, 4) is 11.1 Å². The standard InChI is InChI=1S/C25H22ClNO4/c1-27(23(24(28)29)14-16-7-6-8-17(26)13-16)25(30)31-15-22-20-11-4-2-9-18(20)19-10-3-5-12-21(19)22/h2-13,22-23H,14-15H2,1H3,(H,28,29). The number of fused-ring (bicyclic) bond motifs is 3. The quantitative estimate of drug-likeness (QED) is 0.576. The predicted molar refractivity (Wildman–Crippen MR) is 119 cm³/mol. The van der Waals surface area contributed by atoms with Crippen molar-refractivity contribution in [1.29, 1.82) is 0 Å². The first-order valence-electron chi connectivity index (χ1n) is 10.0. The highest BCUT2D eigenvalue weighted by atomic mass is 35.5. The number of carboxylic acids is 1. The van der Waals surface area contributed by atoms with Crippen molar-refractivity contribution in [2.45, 2.75) is 18.4 Å². The highest BCUT2D eigenvalue weighted by molar-refractivity contribution is 6.30. The van der Waals surface area contributed by atoms with E-state index in [-0.39, 0.29) is 18.9 Å². The Balaban J connectivity index is 1.48. The summed E-state index contributed by atoms with van der Waals surface area (Å²) >= 11 is 6.00. The maximum Gasteiger partial charge on any atom is 0.410 e. The summed E-state index contributed by atoms with van der Waals surface area (Å²) in [4.78, 5) is 25.7. The summed E-state index contributed by atoms with van der Waals surface area (Å²) in [5.74, 6) is -1.18. The molecule has 31 heavy (non-hydrogen) atoms. The van der Waals surface area contributed by atoms with Crippen molar-refractivity contribution in [3.05, 3.63) is 94.5 Å². The lowest BCUT2D eigenvalue weighted by Gasteiger charge is -2.25. The Morgan fingerprint density at radius 3 is 2.19 bits per heavy atom. The van der Waals surface area contributed by atoms with Crippen LogP contribution in [0.25, 0.3) is 11.1 Å². The van der Waals surface area contributed by atoms with Crippen LogP contribution in [0.15, 0.2) is 72.8 Å². The molecule has 3 aromatic rings. The molecule has 0 spiro atoms. The molecule has 0 aromatic heterocycles. The summed E-state index contributed by atoms with van der Waals surface area (Å²) in [7, 11) is 1.45. The molecule has 1 atom stereocenters. The third-order valence-corrected chi connectivity index (χ3v) is 5.93. The van der Waals surface area contributed by atoms with Crippen LogP contribution in [0.3, 0.4) is 0 Å². The number of likely N-dealkylation sites (N-methyl/N-ethyl adjacent to an activating group) is 1. The van der Waals surface area contributed by atoms with Gasteiger partial charge in [0.05, 0.1) is 0 Å². The van der Waals surface area contributed by atoms with Crippen molar-refractivity contribution >= 4 is 23.7 Å². The number of nitrogens with zero attached hydrogens (tertiary/aromatic N) is 1. The fraction of sp³-hybridized carbons (Fsp3) is 0.200. The molecule has 0 heterocycles. The van der Waals surface area contributed by atoms with E-state index in [0.29, 0.717) is 5.02 Å². The number of carboxylic acid groups (broad SMARTS) is 1. The van der Waals surface area contributed by atoms with Gasteiger partial charge in [-0.2, -0.15) is 0 Å².